The van der Waals surface area contributed by atoms with Crippen LogP contribution in [0.1, 0.15) is 0 Å². The number of hydrogen-bond donors (Lipinski definition) is 0. The van der Waals surface area contributed by atoms with Gasteiger partial charge in [-0.05, 0) is 77.9 Å². The Morgan fingerprint density at radius 3 is 1.47 bits per heavy atom. The molecule has 0 amide bonds. The van der Waals surface area contributed by atoms with Crippen LogP contribution in [0.3, 0.4) is 0 Å². The largest absolute Gasteiger partial charge is 0.456 e. The van der Waals surface area contributed by atoms with Crippen molar-refractivity contribution >= 4 is 65.7 Å². The number of para-hydroxylation sites is 4. The fourth-order valence-electron chi connectivity index (χ4n) is 8.43. The summed E-state index contributed by atoms with van der Waals surface area (Å²) in [5.41, 5.74) is 11.5. The van der Waals surface area contributed by atoms with Crippen molar-refractivity contribution in [1.29, 1.82) is 0 Å². The lowest BCUT2D eigenvalue weighted by molar-refractivity contribution is 0.668. The van der Waals surface area contributed by atoms with Gasteiger partial charge in [0.25, 0.3) is 0 Å². The second-order valence-electron chi connectivity index (χ2n) is 14.4. The van der Waals surface area contributed by atoms with Crippen LogP contribution in [0.15, 0.2) is 191 Å². The molecule has 0 bridgehead atoms. The van der Waals surface area contributed by atoms with Gasteiger partial charge in [0.05, 0.1) is 11.0 Å². The lowest BCUT2D eigenvalue weighted by atomic mass is 9.97. The van der Waals surface area contributed by atoms with Gasteiger partial charge in [-0.3, -0.25) is 0 Å². The molecule has 0 aliphatic heterocycles. The number of furan rings is 2. The SMILES string of the molecule is c1ccc(-n2c3ccccc3c3c(-c4cccc(-c5nc(-c6ccc7c(c6)oc6ccccc67)nc(-c6ccc7c(c6)oc6ccccc67)n5)c4)cccc32)cc1. The molecule has 8 aromatic carbocycles. The molecule has 0 aliphatic rings. The Hall–Kier alpha value is -7.83. The van der Waals surface area contributed by atoms with Crippen molar-refractivity contribution in [3.63, 3.8) is 0 Å². The van der Waals surface area contributed by atoms with E-state index in [1.54, 1.807) is 0 Å². The van der Waals surface area contributed by atoms with Gasteiger partial charge in [0.2, 0.25) is 0 Å². The highest BCUT2D eigenvalue weighted by Crippen LogP contribution is 2.40. The minimum absolute atomic E-state index is 0.556. The number of nitrogens with zero attached hydrogens (tertiary/aromatic N) is 4. The fraction of sp³-hybridized carbons (Fsp3) is 0. The van der Waals surface area contributed by atoms with Gasteiger partial charge >= 0.3 is 0 Å². The van der Waals surface area contributed by atoms with Crippen LogP contribution in [0.5, 0.6) is 0 Å². The molecule has 0 atom stereocenters. The van der Waals surface area contributed by atoms with E-state index < -0.39 is 0 Å². The van der Waals surface area contributed by atoms with Gasteiger partial charge in [-0.15, -0.1) is 0 Å². The van der Waals surface area contributed by atoms with Crippen molar-refractivity contribution in [2.24, 2.45) is 0 Å². The monoisotopic (exact) mass is 730 g/mol. The molecule has 12 rings (SSSR count). The number of hydrogen-bond acceptors (Lipinski definition) is 5. The Balaban J connectivity index is 1.05. The van der Waals surface area contributed by atoms with Crippen molar-refractivity contribution in [3.05, 3.63) is 182 Å². The summed E-state index contributed by atoms with van der Waals surface area (Å²) < 4.78 is 14.9. The predicted molar refractivity (Wildman–Crippen MR) is 230 cm³/mol. The maximum atomic E-state index is 6.30. The predicted octanol–water partition coefficient (Wildman–Crippen LogP) is 13.4. The first kappa shape index (κ1) is 31.5. The summed E-state index contributed by atoms with van der Waals surface area (Å²) in [5.74, 6) is 1.69. The van der Waals surface area contributed by atoms with Crippen molar-refractivity contribution in [2.75, 3.05) is 0 Å². The van der Waals surface area contributed by atoms with Crippen molar-refractivity contribution in [1.82, 2.24) is 19.5 Å². The first-order valence-corrected chi connectivity index (χ1v) is 19.0. The van der Waals surface area contributed by atoms with E-state index in [1.165, 1.54) is 10.8 Å². The zero-order valence-electron chi connectivity index (χ0n) is 30.4. The standard InChI is InChI=1S/C51H30N4O2/c1-2-14-35(15-3-1)55-42-20-7-4-18-41(42)48-36(19-11-21-43(48)55)31-12-10-13-32(28-31)49-52-50(33-24-26-39-37-16-5-8-22-44(37)56-46(39)29-33)54-51(53-49)34-25-27-40-38-17-6-9-23-45(38)57-47(40)30-34/h1-30H. The first-order valence-electron chi connectivity index (χ1n) is 19.0. The third-order valence-electron chi connectivity index (χ3n) is 11.1. The van der Waals surface area contributed by atoms with E-state index in [9.17, 15) is 0 Å². The van der Waals surface area contributed by atoms with E-state index in [-0.39, 0.29) is 0 Å². The van der Waals surface area contributed by atoms with Crippen molar-refractivity contribution in [3.8, 4) is 51.0 Å². The summed E-state index contributed by atoms with van der Waals surface area (Å²) in [4.78, 5) is 15.4. The average molecular weight is 731 g/mol. The summed E-state index contributed by atoms with van der Waals surface area (Å²) in [5, 5.41) is 6.65. The van der Waals surface area contributed by atoms with E-state index in [0.29, 0.717) is 17.5 Å². The van der Waals surface area contributed by atoms with Crippen molar-refractivity contribution in [2.45, 2.75) is 0 Å². The highest BCUT2D eigenvalue weighted by Gasteiger charge is 2.19. The van der Waals surface area contributed by atoms with Gasteiger partial charge in [0, 0.05) is 54.7 Å². The number of aromatic nitrogens is 4. The van der Waals surface area contributed by atoms with Gasteiger partial charge in [-0.25, -0.2) is 15.0 Å². The summed E-state index contributed by atoms with van der Waals surface area (Å²) in [6.45, 7) is 0. The Labute approximate surface area is 325 Å². The molecule has 57 heavy (non-hydrogen) atoms. The molecule has 6 nitrogen and oxygen atoms in total. The van der Waals surface area contributed by atoms with E-state index in [4.69, 9.17) is 23.8 Å². The zero-order valence-corrected chi connectivity index (χ0v) is 30.4. The van der Waals surface area contributed by atoms with Crippen LogP contribution in [0.2, 0.25) is 0 Å². The molecule has 12 aromatic rings. The molecule has 0 unspecified atom stereocenters. The Morgan fingerprint density at radius 2 is 0.825 bits per heavy atom. The Morgan fingerprint density at radius 1 is 0.333 bits per heavy atom. The first-order chi connectivity index (χ1) is 28.2. The van der Waals surface area contributed by atoms with E-state index in [0.717, 1.165) is 88.4 Å². The normalized spacial score (nSPS) is 11.9. The highest BCUT2D eigenvalue weighted by atomic mass is 16.3. The Bertz CT molecular complexity index is 3410. The van der Waals surface area contributed by atoms with Gasteiger partial charge in [0.15, 0.2) is 17.5 Å². The van der Waals surface area contributed by atoms with Gasteiger partial charge < -0.3 is 13.4 Å². The molecule has 0 aliphatic carbocycles. The van der Waals surface area contributed by atoms with E-state index >= 15 is 0 Å². The highest BCUT2D eigenvalue weighted by molar-refractivity contribution is 6.16. The summed E-state index contributed by atoms with van der Waals surface area (Å²) in [7, 11) is 0. The second kappa shape index (κ2) is 12.3. The molecule has 0 saturated carbocycles. The molecular weight excluding hydrogens is 701 g/mol. The second-order valence-corrected chi connectivity index (χ2v) is 14.4. The maximum Gasteiger partial charge on any atom is 0.164 e. The van der Waals surface area contributed by atoms with Crippen molar-refractivity contribution < 1.29 is 8.83 Å². The number of rotatable bonds is 5. The average Bonchev–Trinajstić information content (AvgIpc) is 3.95. The third kappa shape index (κ3) is 5.01. The molecule has 4 heterocycles. The number of fused-ring (bicyclic) bond motifs is 9. The minimum Gasteiger partial charge on any atom is -0.456 e. The Kier molecular flexibility index (Phi) is 6.83. The molecule has 6 heteroatoms. The smallest absolute Gasteiger partial charge is 0.164 e. The topological polar surface area (TPSA) is 69.9 Å². The van der Waals surface area contributed by atoms with Gasteiger partial charge in [-0.1, -0.05) is 115 Å². The molecule has 0 N–H and O–H groups in total. The van der Waals surface area contributed by atoms with E-state index in [2.05, 4.69) is 138 Å². The molecule has 0 saturated heterocycles. The number of benzene rings is 8. The van der Waals surface area contributed by atoms with Crippen LogP contribution < -0.4 is 0 Å². The minimum atomic E-state index is 0.556. The third-order valence-corrected chi connectivity index (χ3v) is 11.1. The summed E-state index contributed by atoms with van der Waals surface area (Å²) >= 11 is 0. The molecule has 0 fully saturated rings. The van der Waals surface area contributed by atoms with Crippen LogP contribution in [0, 0.1) is 0 Å². The summed E-state index contributed by atoms with van der Waals surface area (Å²) in [6.07, 6.45) is 0. The quantitative estimate of drug-likeness (QED) is 0.176. The van der Waals surface area contributed by atoms with Gasteiger partial charge in [0.1, 0.15) is 22.3 Å². The van der Waals surface area contributed by atoms with E-state index in [1.807, 2.05) is 48.5 Å². The van der Waals surface area contributed by atoms with Crippen LogP contribution in [0.4, 0.5) is 0 Å². The van der Waals surface area contributed by atoms with Crippen LogP contribution in [0.25, 0.3) is 117 Å². The summed E-state index contributed by atoms with van der Waals surface area (Å²) in [6, 6.07) is 62.8. The lowest BCUT2D eigenvalue weighted by Gasteiger charge is -2.11. The van der Waals surface area contributed by atoms with Crippen LogP contribution in [-0.4, -0.2) is 19.5 Å². The molecule has 266 valence electrons. The molecular formula is C51H30N4O2. The zero-order chi connectivity index (χ0) is 37.5. The van der Waals surface area contributed by atoms with Gasteiger partial charge in [-0.2, -0.15) is 0 Å². The lowest BCUT2D eigenvalue weighted by Crippen LogP contribution is -2.00. The van der Waals surface area contributed by atoms with Crippen LogP contribution >= 0.6 is 0 Å². The molecule has 0 radical (unpaired) electrons. The molecule has 0 spiro atoms. The molecule has 4 aromatic heterocycles. The maximum absolute atomic E-state index is 6.30. The van der Waals surface area contributed by atoms with Crippen LogP contribution in [-0.2, 0) is 0 Å². The fourth-order valence-corrected chi connectivity index (χ4v) is 8.43.